The number of thiazole rings is 1. The Morgan fingerprint density at radius 3 is 2.74 bits per heavy atom. The number of hydrogen-bond donors (Lipinski definition) is 1. The summed E-state index contributed by atoms with van der Waals surface area (Å²) in [5.74, 6) is 0.743. The van der Waals surface area contributed by atoms with E-state index in [9.17, 15) is 0 Å². The fourth-order valence-electron chi connectivity index (χ4n) is 2.81. The summed E-state index contributed by atoms with van der Waals surface area (Å²) < 4.78 is 0. The third-order valence-corrected chi connectivity index (χ3v) is 4.89. The number of rotatable bonds is 5. The van der Waals surface area contributed by atoms with E-state index >= 15 is 0 Å². The second kappa shape index (κ2) is 5.85. The van der Waals surface area contributed by atoms with Gasteiger partial charge in [-0.05, 0) is 30.7 Å². The quantitative estimate of drug-likeness (QED) is 0.885. The number of nitrogens with one attached hydrogen (secondary N) is 1. The molecule has 2 nitrogen and oxygen atoms in total. The molecule has 1 unspecified atom stereocenters. The van der Waals surface area contributed by atoms with Gasteiger partial charge in [0.1, 0.15) is 5.01 Å². The lowest BCUT2D eigenvalue weighted by Crippen LogP contribution is -2.41. The molecule has 1 aliphatic rings. The van der Waals surface area contributed by atoms with Crippen molar-refractivity contribution in [3.8, 4) is 0 Å². The highest BCUT2D eigenvalue weighted by Crippen LogP contribution is 2.38. The van der Waals surface area contributed by atoms with Gasteiger partial charge >= 0.3 is 0 Å². The summed E-state index contributed by atoms with van der Waals surface area (Å²) >= 11 is 1.76. The Labute approximate surface area is 118 Å². The molecule has 1 atom stereocenters. The van der Waals surface area contributed by atoms with Crippen molar-refractivity contribution in [3.63, 3.8) is 0 Å². The molecule has 1 aliphatic carbocycles. The summed E-state index contributed by atoms with van der Waals surface area (Å²) in [6, 6.07) is 12.0. The Morgan fingerprint density at radius 2 is 2.11 bits per heavy atom. The molecule has 1 aromatic carbocycles. The number of hydrogen-bond acceptors (Lipinski definition) is 3. The fourth-order valence-corrected chi connectivity index (χ4v) is 3.59. The van der Waals surface area contributed by atoms with E-state index in [2.05, 4.69) is 52.9 Å². The molecule has 0 amide bonds. The number of aromatic nitrogens is 1. The van der Waals surface area contributed by atoms with Gasteiger partial charge in [-0.1, -0.05) is 37.3 Å². The molecule has 1 saturated carbocycles. The molecule has 0 spiro atoms. The van der Waals surface area contributed by atoms with E-state index in [0.717, 1.165) is 12.3 Å². The second-order valence-corrected chi connectivity index (χ2v) is 6.20. The third-order valence-electron chi connectivity index (χ3n) is 4.00. The standard InChI is InChI=1S/C16H20N2S/c1-2-15(16-17-8-9-19-16)18-14-10-13(11-14)12-6-4-3-5-7-12/h3-9,13-15,18H,2,10-11H2,1H3. The maximum atomic E-state index is 4.43. The minimum Gasteiger partial charge on any atom is -0.305 e. The van der Waals surface area contributed by atoms with E-state index in [0.29, 0.717) is 12.1 Å². The molecule has 0 bridgehead atoms. The minimum atomic E-state index is 0.432. The maximum Gasteiger partial charge on any atom is 0.109 e. The lowest BCUT2D eigenvalue weighted by molar-refractivity contribution is 0.262. The zero-order valence-electron chi connectivity index (χ0n) is 11.3. The summed E-state index contributed by atoms with van der Waals surface area (Å²) in [7, 11) is 0. The summed E-state index contributed by atoms with van der Waals surface area (Å²) in [5, 5.41) is 7.04. The monoisotopic (exact) mass is 272 g/mol. The van der Waals surface area contributed by atoms with Crippen LogP contribution in [0.3, 0.4) is 0 Å². The topological polar surface area (TPSA) is 24.9 Å². The van der Waals surface area contributed by atoms with Gasteiger partial charge < -0.3 is 5.32 Å². The SMILES string of the molecule is CCC(NC1CC(c2ccccc2)C1)c1nccs1. The van der Waals surface area contributed by atoms with Crippen molar-refractivity contribution in [2.45, 2.75) is 44.2 Å². The van der Waals surface area contributed by atoms with Crippen LogP contribution in [0.4, 0.5) is 0 Å². The molecule has 0 radical (unpaired) electrons. The normalized spacial score (nSPS) is 23.8. The van der Waals surface area contributed by atoms with Crippen molar-refractivity contribution in [3.05, 3.63) is 52.5 Å². The summed E-state index contributed by atoms with van der Waals surface area (Å²) in [6.45, 7) is 2.23. The van der Waals surface area contributed by atoms with Crippen LogP contribution in [-0.2, 0) is 0 Å². The molecule has 3 rings (SSSR count). The van der Waals surface area contributed by atoms with Gasteiger partial charge in [0, 0.05) is 17.6 Å². The van der Waals surface area contributed by atoms with Crippen LogP contribution in [-0.4, -0.2) is 11.0 Å². The van der Waals surface area contributed by atoms with Crippen LogP contribution >= 0.6 is 11.3 Å². The highest BCUT2D eigenvalue weighted by atomic mass is 32.1. The van der Waals surface area contributed by atoms with Crippen LogP contribution < -0.4 is 5.32 Å². The molecule has 0 saturated heterocycles. The predicted molar refractivity (Wildman–Crippen MR) is 80.5 cm³/mol. The molecule has 3 heteroatoms. The van der Waals surface area contributed by atoms with Crippen LogP contribution in [0.25, 0.3) is 0 Å². The Morgan fingerprint density at radius 1 is 1.32 bits per heavy atom. The molecule has 1 heterocycles. The first-order valence-corrected chi connectivity index (χ1v) is 7.95. The molecule has 100 valence electrons. The van der Waals surface area contributed by atoms with Gasteiger partial charge in [-0.25, -0.2) is 4.98 Å². The molecule has 1 aromatic heterocycles. The van der Waals surface area contributed by atoms with E-state index in [1.807, 2.05) is 6.20 Å². The summed E-state index contributed by atoms with van der Waals surface area (Å²) in [4.78, 5) is 4.43. The molecular weight excluding hydrogens is 252 g/mol. The van der Waals surface area contributed by atoms with Crippen LogP contribution in [0, 0.1) is 0 Å². The van der Waals surface area contributed by atoms with Gasteiger partial charge in [0.25, 0.3) is 0 Å². The third kappa shape index (κ3) is 2.88. The van der Waals surface area contributed by atoms with Gasteiger partial charge in [-0.3, -0.25) is 0 Å². The average molecular weight is 272 g/mol. The number of nitrogens with zero attached hydrogens (tertiary/aromatic N) is 1. The minimum absolute atomic E-state index is 0.432. The Balaban J connectivity index is 1.54. The van der Waals surface area contributed by atoms with Crippen molar-refractivity contribution >= 4 is 11.3 Å². The van der Waals surface area contributed by atoms with Gasteiger partial charge in [0.05, 0.1) is 6.04 Å². The first-order chi connectivity index (χ1) is 9.36. The highest BCUT2D eigenvalue weighted by molar-refractivity contribution is 7.09. The zero-order chi connectivity index (χ0) is 13.1. The van der Waals surface area contributed by atoms with Gasteiger partial charge in [-0.2, -0.15) is 0 Å². The van der Waals surface area contributed by atoms with E-state index in [4.69, 9.17) is 0 Å². The first-order valence-electron chi connectivity index (χ1n) is 7.07. The second-order valence-electron chi connectivity index (χ2n) is 5.27. The van der Waals surface area contributed by atoms with Gasteiger partial charge in [-0.15, -0.1) is 11.3 Å². The first kappa shape index (κ1) is 12.8. The van der Waals surface area contributed by atoms with Gasteiger partial charge in [0.2, 0.25) is 0 Å². The van der Waals surface area contributed by atoms with Crippen molar-refractivity contribution < 1.29 is 0 Å². The molecule has 1 fully saturated rings. The van der Waals surface area contributed by atoms with Crippen LogP contribution in [0.15, 0.2) is 41.9 Å². The van der Waals surface area contributed by atoms with Gasteiger partial charge in [0.15, 0.2) is 0 Å². The highest BCUT2D eigenvalue weighted by Gasteiger charge is 2.31. The van der Waals surface area contributed by atoms with Crippen LogP contribution in [0.2, 0.25) is 0 Å². The predicted octanol–water partition coefficient (Wildman–Crippen LogP) is 4.13. The number of benzene rings is 1. The Kier molecular flexibility index (Phi) is 3.95. The van der Waals surface area contributed by atoms with Crippen LogP contribution in [0.1, 0.15) is 48.7 Å². The summed E-state index contributed by atoms with van der Waals surface area (Å²) in [6.07, 6.45) is 5.52. The fraction of sp³-hybridized carbons (Fsp3) is 0.438. The molecular formula is C16H20N2S. The van der Waals surface area contributed by atoms with Crippen molar-refractivity contribution in [1.29, 1.82) is 0 Å². The van der Waals surface area contributed by atoms with E-state index in [1.54, 1.807) is 11.3 Å². The van der Waals surface area contributed by atoms with E-state index in [-0.39, 0.29) is 0 Å². The lowest BCUT2D eigenvalue weighted by atomic mass is 9.75. The van der Waals surface area contributed by atoms with E-state index in [1.165, 1.54) is 23.4 Å². The molecule has 2 aromatic rings. The Bertz CT molecular complexity index is 489. The molecule has 19 heavy (non-hydrogen) atoms. The van der Waals surface area contributed by atoms with Crippen molar-refractivity contribution in [1.82, 2.24) is 10.3 Å². The smallest absolute Gasteiger partial charge is 0.109 e. The van der Waals surface area contributed by atoms with Crippen LogP contribution in [0.5, 0.6) is 0 Å². The lowest BCUT2D eigenvalue weighted by Gasteiger charge is -2.38. The molecule has 1 N–H and O–H groups in total. The van der Waals surface area contributed by atoms with Crippen molar-refractivity contribution in [2.24, 2.45) is 0 Å². The zero-order valence-corrected chi connectivity index (χ0v) is 12.1. The average Bonchev–Trinajstić information content (AvgIpc) is 2.92. The van der Waals surface area contributed by atoms with Crippen molar-refractivity contribution in [2.75, 3.05) is 0 Å². The maximum absolute atomic E-state index is 4.43. The largest absolute Gasteiger partial charge is 0.305 e. The Hall–Kier alpha value is -1.19. The molecule has 0 aliphatic heterocycles. The summed E-state index contributed by atoms with van der Waals surface area (Å²) in [5.41, 5.74) is 1.49. The van der Waals surface area contributed by atoms with E-state index < -0.39 is 0 Å².